The molecule has 15 heteroatoms. The molecule has 0 bridgehead atoms. The summed E-state index contributed by atoms with van der Waals surface area (Å²) in [5.41, 5.74) is 10.3. The molecule has 0 aliphatic carbocycles. The van der Waals surface area contributed by atoms with Crippen molar-refractivity contribution < 1.29 is 38.1 Å². The summed E-state index contributed by atoms with van der Waals surface area (Å²) in [4.78, 5) is 16.3. The molecule has 7 N–H and O–H groups in total. The topological polar surface area (TPSA) is 206 Å². The number of nitrogens with zero attached hydrogens (tertiary/aromatic N) is 3. The number of hydrogen-bond acceptors (Lipinski definition) is 12. The third-order valence-electron chi connectivity index (χ3n) is 6.04. The van der Waals surface area contributed by atoms with Crippen molar-refractivity contribution in [3.8, 4) is 18.1 Å². The number of esters is 1. The molecular weight excluding hydrogens is 543 g/mol. The predicted molar refractivity (Wildman–Crippen MR) is 144 cm³/mol. The summed E-state index contributed by atoms with van der Waals surface area (Å²) in [6.07, 6.45) is 0.874. The summed E-state index contributed by atoms with van der Waals surface area (Å²) in [5, 5.41) is 28.6. The average Bonchev–Trinajstić information content (AvgIpc) is 3.42. The van der Waals surface area contributed by atoms with E-state index in [2.05, 4.69) is 21.1 Å². The van der Waals surface area contributed by atoms with Gasteiger partial charge in [-0.3, -0.25) is 9.32 Å². The van der Waals surface area contributed by atoms with Crippen LogP contribution in [0.5, 0.6) is 5.75 Å². The van der Waals surface area contributed by atoms with Crippen LogP contribution in [-0.4, -0.2) is 67.3 Å². The quantitative estimate of drug-likeness (QED) is 0.131. The number of para-hydroxylation sites is 1. The van der Waals surface area contributed by atoms with Crippen molar-refractivity contribution in [1.29, 1.82) is 0 Å². The van der Waals surface area contributed by atoms with E-state index in [1.165, 1.54) is 23.6 Å². The number of carbonyl (C=O) groups excluding carboxylic acids is 1. The van der Waals surface area contributed by atoms with Gasteiger partial charge in [0.2, 0.25) is 5.95 Å². The highest BCUT2D eigenvalue weighted by atomic mass is 31.2. The molecule has 3 aromatic rings. The second-order valence-electron chi connectivity index (χ2n) is 9.43. The van der Waals surface area contributed by atoms with Crippen LogP contribution in [0.4, 0.5) is 11.8 Å². The summed E-state index contributed by atoms with van der Waals surface area (Å²) in [5.74, 6) is 1.74. The van der Waals surface area contributed by atoms with E-state index in [0.29, 0.717) is 5.52 Å². The fourth-order valence-corrected chi connectivity index (χ4v) is 5.63. The minimum absolute atomic E-state index is 0.0912. The summed E-state index contributed by atoms with van der Waals surface area (Å²) in [7, 11) is -4.36. The van der Waals surface area contributed by atoms with Crippen LogP contribution < -0.4 is 21.1 Å². The third kappa shape index (κ3) is 5.90. The predicted octanol–water partition coefficient (Wildman–Crippen LogP) is 1.19. The Labute approximate surface area is 230 Å². The molecule has 1 aromatic carbocycles. The molecule has 2 unspecified atom stereocenters. The standard InChI is InChI=1S/C25H31N6O8P/c1-5-25(21(33)19(32)20(38-25)17-11-12-18-22(26)28-24(27)29-31(17)18)13-36-40(35,39-16-9-7-6-8-10-16)30-15(4)23(34)37-14(2)3/h1,6-12,14-15,19-21,32-33H,13H2,2-4H3,(H,30,35)(H4,26,27,28,29)/t15-,19?,20-,21?,25+,40-/m0/s1. The van der Waals surface area contributed by atoms with E-state index in [4.69, 9.17) is 36.4 Å². The summed E-state index contributed by atoms with van der Waals surface area (Å²) < 4.78 is 37.6. The molecule has 4 rings (SSSR count). The monoisotopic (exact) mass is 574 g/mol. The maximum absolute atomic E-state index is 13.9. The Morgan fingerprint density at radius 3 is 2.60 bits per heavy atom. The molecule has 40 heavy (non-hydrogen) atoms. The highest BCUT2D eigenvalue weighted by Gasteiger charge is 2.56. The van der Waals surface area contributed by atoms with Gasteiger partial charge in [0.25, 0.3) is 0 Å². The van der Waals surface area contributed by atoms with E-state index >= 15 is 0 Å². The van der Waals surface area contributed by atoms with Crippen LogP contribution in [0.1, 0.15) is 32.6 Å². The first-order valence-electron chi connectivity index (χ1n) is 12.3. The Morgan fingerprint density at radius 1 is 1.25 bits per heavy atom. The normalized spacial score (nSPS) is 24.9. The van der Waals surface area contributed by atoms with E-state index in [1.807, 2.05) is 0 Å². The van der Waals surface area contributed by atoms with Crippen molar-refractivity contribution in [2.24, 2.45) is 0 Å². The van der Waals surface area contributed by atoms with Gasteiger partial charge >= 0.3 is 13.7 Å². The van der Waals surface area contributed by atoms with Gasteiger partial charge in [-0.05, 0) is 45.0 Å². The fraction of sp³-hybridized carbons (Fsp3) is 0.400. The van der Waals surface area contributed by atoms with E-state index in [1.54, 1.807) is 44.2 Å². The second-order valence-corrected chi connectivity index (χ2v) is 11.1. The number of rotatable bonds is 10. The largest absolute Gasteiger partial charge is 0.462 e. The number of anilines is 2. The lowest BCUT2D eigenvalue weighted by molar-refractivity contribution is -0.149. The minimum atomic E-state index is -4.36. The molecule has 1 aliphatic rings. The zero-order valence-corrected chi connectivity index (χ0v) is 22.9. The Bertz CT molecular complexity index is 1460. The minimum Gasteiger partial charge on any atom is -0.462 e. The van der Waals surface area contributed by atoms with Gasteiger partial charge in [0.05, 0.1) is 11.8 Å². The Hall–Kier alpha value is -3.70. The molecule has 1 aliphatic heterocycles. The molecule has 1 fully saturated rings. The number of nitrogens with one attached hydrogen (secondary N) is 1. The van der Waals surface area contributed by atoms with Crippen molar-refractivity contribution in [3.63, 3.8) is 0 Å². The Morgan fingerprint density at radius 2 is 1.95 bits per heavy atom. The molecule has 1 saturated heterocycles. The number of nitrogens with two attached hydrogens (primary N) is 2. The first kappa shape index (κ1) is 29.3. The van der Waals surface area contributed by atoms with Crippen LogP contribution in [0.2, 0.25) is 0 Å². The maximum atomic E-state index is 13.9. The Balaban J connectivity index is 1.61. The third-order valence-corrected chi connectivity index (χ3v) is 7.67. The van der Waals surface area contributed by atoms with Gasteiger partial charge in [-0.2, -0.15) is 10.1 Å². The number of aromatic nitrogens is 3. The first-order chi connectivity index (χ1) is 18.9. The lowest BCUT2D eigenvalue weighted by Crippen LogP contribution is -2.46. The van der Waals surface area contributed by atoms with Crippen molar-refractivity contribution in [3.05, 3.63) is 48.2 Å². The van der Waals surface area contributed by atoms with Gasteiger partial charge in [-0.15, -0.1) is 11.5 Å². The molecule has 14 nitrogen and oxygen atoms in total. The molecule has 0 saturated carbocycles. The number of ether oxygens (including phenoxy) is 2. The lowest BCUT2D eigenvalue weighted by atomic mass is 9.96. The van der Waals surface area contributed by atoms with Crippen molar-refractivity contribution in [2.45, 2.75) is 56.8 Å². The fourth-order valence-electron chi connectivity index (χ4n) is 4.11. The second kappa shape index (κ2) is 11.4. The van der Waals surface area contributed by atoms with Crippen LogP contribution in [-0.2, 0) is 23.4 Å². The Kier molecular flexibility index (Phi) is 8.36. The average molecular weight is 575 g/mol. The maximum Gasteiger partial charge on any atom is 0.459 e. The van der Waals surface area contributed by atoms with Crippen LogP contribution >= 0.6 is 7.75 Å². The van der Waals surface area contributed by atoms with E-state index < -0.39 is 56.4 Å². The number of aliphatic hydroxyl groups is 2. The summed E-state index contributed by atoms with van der Waals surface area (Å²) in [6, 6.07) is 10.1. The van der Waals surface area contributed by atoms with Gasteiger partial charge in [0.1, 0.15) is 42.2 Å². The van der Waals surface area contributed by atoms with E-state index in [9.17, 15) is 19.6 Å². The van der Waals surface area contributed by atoms with Crippen molar-refractivity contribution in [2.75, 3.05) is 18.1 Å². The van der Waals surface area contributed by atoms with Crippen molar-refractivity contribution in [1.82, 2.24) is 19.7 Å². The molecule has 3 heterocycles. The zero-order valence-electron chi connectivity index (χ0n) is 22.0. The number of carbonyl (C=O) groups is 1. The highest BCUT2D eigenvalue weighted by Crippen LogP contribution is 2.48. The number of hydrogen-bond donors (Lipinski definition) is 5. The highest BCUT2D eigenvalue weighted by molar-refractivity contribution is 7.52. The zero-order chi connectivity index (χ0) is 29.2. The lowest BCUT2D eigenvalue weighted by Gasteiger charge is -2.29. The molecule has 0 radical (unpaired) electrons. The number of aliphatic hydroxyl groups excluding tert-OH is 2. The molecule has 2 aromatic heterocycles. The van der Waals surface area contributed by atoms with Gasteiger partial charge < -0.3 is 35.7 Å². The first-order valence-corrected chi connectivity index (χ1v) is 13.8. The molecule has 214 valence electrons. The molecular formula is C25H31N6O8P. The molecule has 0 spiro atoms. The van der Waals surface area contributed by atoms with Crippen molar-refractivity contribution >= 4 is 31.0 Å². The summed E-state index contributed by atoms with van der Waals surface area (Å²) >= 11 is 0. The van der Waals surface area contributed by atoms with Gasteiger partial charge in [0.15, 0.2) is 11.4 Å². The smallest absolute Gasteiger partial charge is 0.459 e. The number of terminal acetylenes is 1. The SMILES string of the molecule is C#C[C@]1(CO[P@@](=O)(N[C@@H](C)C(=O)OC(C)C)Oc2ccccc2)O[C@@H](c2ccc3c(N)nc(N)nn23)C(O)C1O. The van der Waals surface area contributed by atoms with Gasteiger partial charge in [-0.25, -0.2) is 9.08 Å². The van der Waals surface area contributed by atoms with Crippen LogP contribution in [0, 0.1) is 12.3 Å². The number of benzene rings is 1. The van der Waals surface area contributed by atoms with Gasteiger partial charge in [0, 0.05) is 0 Å². The number of fused-ring (bicyclic) bond motifs is 1. The van der Waals surface area contributed by atoms with Crippen LogP contribution in [0.3, 0.4) is 0 Å². The molecule has 6 atom stereocenters. The number of nitrogen functional groups attached to an aromatic ring is 2. The van der Waals surface area contributed by atoms with Crippen LogP contribution in [0.25, 0.3) is 5.52 Å². The summed E-state index contributed by atoms with van der Waals surface area (Å²) in [6.45, 7) is 4.05. The van der Waals surface area contributed by atoms with E-state index in [-0.39, 0.29) is 23.2 Å². The van der Waals surface area contributed by atoms with Gasteiger partial charge in [-0.1, -0.05) is 24.1 Å². The van der Waals surface area contributed by atoms with Crippen LogP contribution in [0.15, 0.2) is 42.5 Å². The molecule has 0 amide bonds. The van der Waals surface area contributed by atoms with E-state index in [0.717, 1.165) is 0 Å².